The molecule has 5 nitrogen and oxygen atoms in total. The Morgan fingerprint density at radius 3 is 2.52 bits per heavy atom. The van der Waals surface area contributed by atoms with Crippen LogP contribution in [0.2, 0.25) is 0 Å². The summed E-state index contributed by atoms with van der Waals surface area (Å²) < 4.78 is 6.56. The van der Waals surface area contributed by atoms with Crippen molar-refractivity contribution in [1.29, 1.82) is 0 Å². The highest BCUT2D eigenvalue weighted by atomic mass is 16.5. The zero-order valence-electron chi connectivity index (χ0n) is 17.9. The molecule has 1 spiro atoms. The molecule has 29 heavy (non-hydrogen) atoms. The molecule has 1 aromatic carbocycles. The van der Waals surface area contributed by atoms with Gasteiger partial charge in [0.15, 0.2) is 0 Å². The van der Waals surface area contributed by atoms with Crippen LogP contribution < -0.4 is 4.74 Å². The van der Waals surface area contributed by atoms with E-state index in [2.05, 4.69) is 0 Å². The number of nitrogens with zero attached hydrogens (tertiary/aromatic N) is 2. The summed E-state index contributed by atoms with van der Waals surface area (Å²) in [6, 6.07) is 8.34. The Morgan fingerprint density at radius 2 is 1.83 bits per heavy atom. The predicted octanol–water partition coefficient (Wildman–Crippen LogP) is 4.15. The highest BCUT2D eigenvalue weighted by Gasteiger charge is 2.43. The van der Waals surface area contributed by atoms with Crippen LogP contribution in [0, 0.1) is 5.92 Å². The van der Waals surface area contributed by atoms with Crippen molar-refractivity contribution < 1.29 is 14.3 Å². The van der Waals surface area contributed by atoms with Crippen LogP contribution in [0.25, 0.3) is 0 Å². The Kier molecular flexibility index (Phi) is 5.84. The minimum atomic E-state index is -0.343. The van der Waals surface area contributed by atoms with Gasteiger partial charge in [0.05, 0.1) is 6.54 Å². The highest BCUT2D eigenvalue weighted by Crippen LogP contribution is 2.39. The van der Waals surface area contributed by atoms with Gasteiger partial charge in [-0.2, -0.15) is 0 Å². The average molecular weight is 399 g/mol. The zero-order chi connectivity index (χ0) is 20.4. The van der Waals surface area contributed by atoms with E-state index in [1.165, 1.54) is 25.7 Å². The van der Waals surface area contributed by atoms with Crippen molar-refractivity contribution in [2.75, 3.05) is 13.6 Å². The summed E-state index contributed by atoms with van der Waals surface area (Å²) in [6.07, 6.45) is 9.29. The summed E-state index contributed by atoms with van der Waals surface area (Å²) in [5.41, 5.74) is 0.731. The number of carbonyl (C=O) groups is 2. The largest absolute Gasteiger partial charge is 0.485 e. The fourth-order valence-electron chi connectivity index (χ4n) is 5.42. The van der Waals surface area contributed by atoms with Crippen molar-refractivity contribution in [2.24, 2.45) is 5.92 Å². The lowest BCUT2D eigenvalue weighted by Gasteiger charge is -2.43. The van der Waals surface area contributed by atoms with E-state index in [-0.39, 0.29) is 17.6 Å². The summed E-state index contributed by atoms with van der Waals surface area (Å²) in [7, 11) is 1.98. The minimum Gasteiger partial charge on any atom is -0.485 e. The van der Waals surface area contributed by atoms with Crippen molar-refractivity contribution in [3.8, 4) is 5.75 Å². The molecule has 1 aromatic rings. The number of fused-ring (bicyclic) bond motifs is 1. The van der Waals surface area contributed by atoms with E-state index in [1.54, 1.807) is 6.92 Å². The van der Waals surface area contributed by atoms with Gasteiger partial charge in [-0.3, -0.25) is 9.59 Å². The first kappa shape index (κ1) is 20.2. The van der Waals surface area contributed by atoms with Crippen LogP contribution >= 0.6 is 0 Å². The fraction of sp³-hybridized carbons (Fsp3) is 0.667. The lowest BCUT2D eigenvalue weighted by atomic mass is 9.80. The second-order valence-electron chi connectivity index (χ2n) is 9.36. The number of carbonyl (C=O) groups excluding carboxylic acids is 2. The fourth-order valence-corrected chi connectivity index (χ4v) is 5.42. The average Bonchev–Trinajstić information content (AvgIpc) is 3.15. The molecule has 0 N–H and O–H groups in total. The first-order valence-corrected chi connectivity index (χ1v) is 11.2. The Balaban J connectivity index is 1.42. The van der Waals surface area contributed by atoms with E-state index in [1.807, 2.05) is 41.1 Å². The molecule has 0 atom stereocenters. The van der Waals surface area contributed by atoms with Gasteiger partial charge in [0.2, 0.25) is 11.8 Å². The molecule has 0 bridgehead atoms. The third-order valence-electron chi connectivity index (χ3n) is 7.33. The Morgan fingerprint density at radius 1 is 1.14 bits per heavy atom. The van der Waals surface area contributed by atoms with E-state index in [4.69, 9.17) is 4.74 Å². The molecule has 3 aliphatic rings. The lowest BCUT2D eigenvalue weighted by Crippen LogP contribution is -2.52. The Labute approximate surface area is 174 Å². The van der Waals surface area contributed by atoms with Gasteiger partial charge < -0.3 is 14.5 Å². The smallest absolute Gasteiger partial charge is 0.222 e. The van der Waals surface area contributed by atoms with Crippen LogP contribution in [-0.2, 0) is 16.1 Å². The molecular formula is C24H34N2O3. The van der Waals surface area contributed by atoms with E-state index >= 15 is 0 Å². The van der Waals surface area contributed by atoms with Gasteiger partial charge in [0, 0.05) is 38.5 Å². The molecule has 0 aromatic heterocycles. The third-order valence-corrected chi connectivity index (χ3v) is 7.33. The number of rotatable bonds is 3. The molecule has 2 amide bonds. The summed E-state index contributed by atoms with van der Waals surface area (Å²) in [5, 5.41) is 0. The van der Waals surface area contributed by atoms with Crippen molar-refractivity contribution in [3.63, 3.8) is 0 Å². The molecule has 1 aliphatic heterocycles. The summed E-state index contributed by atoms with van der Waals surface area (Å²) in [5.74, 6) is 1.89. The number of ether oxygens (including phenoxy) is 1. The maximum atomic E-state index is 12.8. The Hall–Kier alpha value is -2.04. The maximum Gasteiger partial charge on any atom is 0.222 e. The van der Waals surface area contributed by atoms with E-state index in [0.717, 1.165) is 37.0 Å². The summed E-state index contributed by atoms with van der Waals surface area (Å²) in [4.78, 5) is 28.9. The SMILES string of the molecule is CC(=O)N1Cc2ccccc2OC2(CCC(N(C)C(=O)CC3CCCC3)CC2)C1. The second kappa shape index (κ2) is 8.37. The summed E-state index contributed by atoms with van der Waals surface area (Å²) in [6.45, 7) is 2.88. The van der Waals surface area contributed by atoms with Crippen LogP contribution in [0.15, 0.2) is 24.3 Å². The molecule has 0 radical (unpaired) electrons. The molecule has 2 aliphatic carbocycles. The molecule has 4 rings (SSSR count). The molecule has 2 fully saturated rings. The van der Waals surface area contributed by atoms with Gasteiger partial charge in [-0.25, -0.2) is 0 Å². The van der Waals surface area contributed by atoms with Gasteiger partial charge in [0.25, 0.3) is 0 Å². The van der Waals surface area contributed by atoms with Crippen LogP contribution in [0.4, 0.5) is 0 Å². The van der Waals surface area contributed by atoms with Crippen LogP contribution in [0.1, 0.15) is 70.3 Å². The monoisotopic (exact) mass is 398 g/mol. The number of amides is 2. The first-order chi connectivity index (χ1) is 14.0. The van der Waals surface area contributed by atoms with Gasteiger partial charge >= 0.3 is 0 Å². The van der Waals surface area contributed by atoms with E-state index < -0.39 is 0 Å². The molecule has 1 heterocycles. The topological polar surface area (TPSA) is 49.9 Å². The third kappa shape index (κ3) is 4.44. The van der Waals surface area contributed by atoms with Crippen LogP contribution in [0.5, 0.6) is 5.75 Å². The van der Waals surface area contributed by atoms with E-state index in [0.29, 0.717) is 31.3 Å². The van der Waals surface area contributed by atoms with E-state index in [9.17, 15) is 9.59 Å². The van der Waals surface area contributed by atoms with Crippen LogP contribution in [-0.4, -0.2) is 46.8 Å². The van der Waals surface area contributed by atoms with Gasteiger partial charge in [-0.1, -0.05) is 31.0 Å². The molecule has 0 unspecified atom stereocenters. The number of hydrogen-bond acceptors (Lipinski definition) is 3. The van der Waals surface area contributed by atoms with Crippen molar-refractivity contribution in [3.05, 3.63) is 29.8 Å². The van der Waals surface area contributed by atoms with Crippen LogP contribution in [0.3, 0.4) is 0 Å². The lowest BCUT2D eigenvalue weighted by molar-refractivity contribution is -0.135. The number of benzene rings is 1. The molecule has 0 saturated heterocycles. The minimum absolute atomic E-state index is 0.0932. The molecule has 158 valence electrons. The zero-order valence-corrected chi connectivity index (χ0v) is 17.9. The summed E-state index contributed by atoms with van der Waals surface area (Å²) >= 11 is 0. The van der Waals surface area contributed by atoms with Gasteiger partial charge in [0.1, 0.15) is 11.4 Å². The highest BCUT2D eigenvalue weighted by molar-refractivity contribution is 5.76. The van der Waals surface area contributed by atoms with Gasteiger partial charge in [-0.15, -0.1) is 0 Å². The predicted molar refractivity (Wildman–Crippen MR) is 112 cm³/mol. The van der Waals surface area contributed by atoms with Crippen molar-refractivity contribution in [1.82, 2.24) is 9.80 Å². The van der Waals surface area contributed by atoms with Crippen molar-refractivity contribution in [2.45, 2.75) is 82.9 Å². The molecule has 2 saturated carbocycles. The number of para-hydroxylation sites is 1. The Bertz CT molecular complexity index is 748. The maximum absolute atomic E-state index is 12.8. The second-order valence-corrected chi connectivity index (χ2v) is 9.36. The van der Waals surface area contributed by atoms with Gasteiger partial charge in [-0.05, 0) is 50.5 Å². The molecule has 5 heteroatoms. The quantitative estimate of drug-likeness (QED) is 0.769. The molecular weight excluding hydrogens is 364 g/mol. The standard InChI is InChI=1S/C24H34N2O3/c1-18(27)26-16-20-9-5-6-10-22(20)29-24(17-26)13-11-21(12-14-24)25(2)23(28)15-19-7-3-4-8-19/h5-6,9-10,19,21H,3-4,7-8,11-17H2,1-2H3. The first-order valence-electron chi connectivity index (χ1n) is 11.2. The normalized spacial score (nSPS) is 27.2. The van der Waals surface area contributed by atoms with Crippen molar-refractivity contribution >= 4 is 11.8 Å². The number of hydrogen-bond donors (Lipinski definition) is 0.